The van der Waals surface area contributed by atoms with Crippen LogP contribution in [0.3, 0.4) is 0 Å². The van der Waals surface area contributed by atoms with Crippen LogP contribution in [-0.2, 0) is 6.54 Å². The number of hydrogen-bond acceptors (Lipinski definition) is 2. The van der Waals surface area contributed by atoms with Crippen molar-refractivity contribution in [2.75, 3.05) is 0 Å². The number of hydrogen-bond donors (Lipinski definition) is 0. The molecule has 4 rings (SSSR count). The van der Waals surface area contributed by atoms with Gasteiger partial charge in [-0.2, -0.15) is 4.57 Å². The maximum Gasteiger partial charge on any atom is 0.379 e. The molecule has 0 aliphatic carbocycles. The molecule has 0 amide bonds. The number of allylic oxidation sites excluding steroid dienone is 1. The fourth-order valence-electron chi connectivity index (χ4n) is 4.26. The lowest BCUT2D eigenvalue weighted by Crippen LogP contribution is -2.35. The number of unbranched alkanes of at least 4 members (excludes halogenated alkanes) is 6. The molecule has 0 saturated carbocycles. The largest absolute Gasteiger partial charge is 0.398 e. The summed E-state index contributed by atoms with van der Waals surface area (Å²) in [6, 6.07) is 16.5. The maximum atomic E-state index is 6.19. The Balaban J connectivity index is 1.66. The predicted molar refractivity (Wildman–Crippen MR) is 134 cm³/mol. The highest BCUT2D eigenvalue weighted by molar-refractivity contribution is 5.70. The Labute approximate surface area is 196 Å². The highest BCUT2D eigenvalue weighted by Gasteiger charge is 2.19. The molecule has 4 nitrogen and oxygen atoms in total. The van der Waals surface area contributed by atoms with Crippen LogP contribution in [-0.4, -0.2) is 0 Å². The summed E-state index contributed by atoms with van der Waals surface area (Å²) in [5, 5.41) is 0. The van der Waals surface area contributed by atoms with Crippen molar-refractivity contribution in [2.45, 2.75) is 71.8 Å². The molecule has 172 valence electrons. The van der Waals surface area contributed by atoms with E-state index >= 15 is 0 Å². The van der Waals surface area contributed by atoms with Gasteiger partial charge in [0.25, 0.3) is 11.0 Å². The van der Waals surface area contributed by atoms with E-state index in [9.17, 15) is 0 Å². The summed E-state index contributed by atoms with van der Waals surface area (Å²) in [5.74, 6) is 0.874. The normalized spacial score (nSPS) is 13.3. The van der Waals surface area contributed by atoms with Crippen LogP contribution in [0.4, 0.5) is 0 Å². The summed E-state index contributed by atoms with van der Waals surface area (Å²) in [5.41, 5.74) is 4.91. The SMILES string of the molecule is CCCCCC=[n+]1/c(=C/C=C/c2oc3ccccc3[n+]2CCCCCC)oc2ccccc21. The van der Waals surface area contributed by atoms with Crippen molar-refractivity contribution in [2.24, 2.45) is 0 Å². The van der Waals surface area contributed by atoms with Crippen molar-refractivity contribution in [1.82, 2.24) is 0 Å². The van der Waals surface area contributed by atoms with Crippen LogP contribution in [0.25, 0.3) is 34.4 Å². The Morgan fingerprint density at radius 3 is 2.24 bits per heavy atom. The van der Waals surface area contributed by atoms with E-state index in [1.807, 2.05) is 36.4 Å². The summed E-state index contributed by atoms with van der Waals surface area (Å²) >= 11 is 0. The van der Waals surface area contributed by atoms with E-state index in [0.29, 0.717) is 0 Å². The highest BCUT2D eigenvalue weighted by atomic mass is 16.4. The highest BCUT2D eigenvalue weighted by Crippen LogP contribution is 2.15. The lowest BCUT2D eigenvalue weighted by molar-refractivity contribution is -0.678. The van der Waals surface area contributed by atoms with Gasteiger partial charge in [0.15, 0.2) is 12.8 Å². The van der Waals surface area contributed by atoms with Gasteiger partial charge in [0, 0.05) is 25.0 Å². The maximum absolute atomic E-state index is 6.19. The van der Waals surface area contributed by atoms with E-state index in [4.69, 9.17) is 8.83 Å². The minimum absolute atomic E-state index is 0.828. The minimum atomic E-state index is 0.828. The summed E-state index contributed by atoms with van der Waals surface area (Å²) in [6.45, 7) is 5.45. The van der Waals surface area contributed by atoms with Gasteiger partial charge in [0.2, 0.25) is 11.2 Å². The number of aromatic nitrogens is 2. The number of rotatable bonds is 11. The summed E-state index contributed by atoms with van der Waals surface area (Å²) in [4.78, 5) is 0. The quantitative estimate of drug-likeness (QED) is 0.198. The monoisotopic (exact) mass is 444 g/mol. The second-order valence-corrected chi connectivity index (χ2v) is 8.60. The van der Waals surface area contributed by atoms with Gasteiger partial charge in [-0.1, -0.05) is 63.8 Å². The first-order valence-corrected chi connectivity index (χ1v) is 12.5. The van der Waals surface area contributed by atoms with E-state index in [-0.39, 0.29) is 0 Å². The lowest BCUT2D eigenvalue weighted by Gasteiger charge is -1.96. The molecule has 33 heavy (non-hydrogen) atoms. The van der Waals surface area contributed by atoms with Gasteiger partial charge in [-0.3, -0.25) is 0 Å². The summed E-state index contributed by atoms with van der Waals surface area (Å²) in [7, 11) is 0. The van der Waals surface area contributed by atoms with Crippen LogP contribution >= 0.6 is 0 Å². The fraction of sp³-hybridized carbons (Fsp3) is 0.379. The van der Waals surface area contributed by atoms with Crippen molar-refractivity contribution in [3.63, 3.8) is 0 Å². The molecule has 0 radical (unpaired) electrons. The molecule has 2 heterocycles. The molecule has 0 aliphatic rings. The van der Waals surface area contributed by atoms with E-state index in [0.717, 1.165) is 53.0 Å². The first kappa shape index (κ1) is 23.0. The number of oxazole rings is 2. The van der Waals surface area contributed by atoms with Gasteiger partial charge in [0.05, 0.1) is 12.2 Å². The number of benzene rings is 2. The zero-order chi connectivity index (χ0) is 22.9. The standard InChI is InChI=1S/C29H36N2O2/c1-3-5-7-13-22-30-24-16-9-11-18-26(24)32-28(30)20-15-21-29-31(23-14-8-6-4-2)25-17-10-12-19-27(25)33-29/h9-12,15-22H,3-8,13-14,23H2,1-2H3/q+2/b21-15+,28-20-,30-22?. The van der Waals surface area contributed by atoms with Gasteiger partial charge in [-0.05, 0) is 31.1 Å². The second-order valence-electron chi connectivity index (χ2n) is 8.60. The van der Waals surface area contributed by atoms with Crippen LogP contribution in [0.15, 0.2) is 63.4 Å². The smallest absolute Gasteiger partial charge is 0.379 e. The van der Waals surface area contributed by atoms with Crippen molar-refractivity contribution in [1.29, 1.82) is 0 Å². The van der Waals surface area contributed by atoms with E-state index < -0.39 is 0 Å². The predicted octanol–water partition coefficient (Wildman–Crippen LogP) is 6.42. The topological polar surface area (TPSA) is 36.1 Å². The summed E-state index contributed by atoms with van der Waals surface area (Å²) < 4.78 is 16.8. The van der Waals surface area contributed by atoms with Gasteiger partial charge >= 0.3 is 11.4 Å². The van der Waals surface area contributed by atoms with E-state index in [1.54, 1.807) is 0 Å². The van der Waals surface area contributed by atoms with Crippen LogP contribution in [0, 0.1) is 6.21 Å². The molecule has 0 spiro atoms. The molecule has 0 N–H and O–H groups in total. The molecule has 0 aliphatic heterocycles. The van der Waals surface area contributed by atoms with Gasteiger partial charge in [-0.25, -0.2) is 0 Å². The van der Waals surface area contributed by atoms with Crippen molar-refractivity contribution in [3.8, 4) is 0 Å². The molecule has 0 atom stereocenters. The Morgan fingerprint density at radius 1 is 0.758 bits per heavy atom. The van der Waals surface area contributed by atoms with E-state index in [2.05, 4.69) is 59.2 Å². The Morgan fingerprint density at radius 2 is 1.45 bits per heavy atom. The Hall–Kier alpha value is -3.14. The lowest BCUT2D eigenvalue weighted by atomic mass is 10.2. The molecule has 0 fully saturated rings. The Bertz CT molecular complexity index is 1330. The zero-order valence-electron chi connectivity index (χ0n) is 20.0. The van der Waals surface area contributed by atoms with Gasteiger partial charge in [0.1, 0.15) is 0 Å². The first-order valence-electron chi connectivity index (χ1n) is 12.5. The first-order chi connectivity index (χ1) is 16.3. The Kier molecular flexibility index (Phi) is 8.13. The van der Waals surface area contributed by atoms with Crippen molar-refractivity contribution < 1.29 is 17.6 Å². The molecule has 0 bridgehead atoms. The van der Waals surface area contributed by atoms with Crippen LogP contribution in [0.5, 0.6) is 0 Å². The number of nitrogens with zero attached hydrogens (tertiary/aromatic N) is 2. The average molecular weight is 445 g/mol. The molecule has 2 aromatic carbocycles. The number of para-hydroxylation sites is 4. The second kappa shape index (κ2) is 11.6. The minimum Gasteiger partial charge on any atom is -0.398 e. The zero-order valence-corrected chi connectivity index (χ0v) is 20.0. The average Bonchev–Trinajstić information content (AvgIpc) is 3.37. The molecule has 4 heteroatoms. The molecule has 4 aromatic rings. The molecule has 2 aromatic heterocycles. The van der Waals surface area contributed by atoms with Crippen molar-refractivity contribution >= 4 is 34.4 Å². The fourth-order valence-corrected chi connectivity index (χ4v) is 4.26. The molecular weight excluding hydrogens is 408 g/mol. The van der Waals surface area contributed by atoms with Crippen LogP contribution in [0.2, 0.25) is 0 Å². The molecule has 0 saturated heterocycles. The van der Waals surface area contributed by atoms with Gasteiger partial charge in [-0.15, -0.1) is 4.24 Å². The van der Waals surface area contributed by atoms with Crippen molar-refractivity contribution in [3.05, 3.63) is 72.3 Å². The van der Waals surface area contributed by atoms with E-state index in [1.165, 1.54) is 38.5 Å². The number of fused-ring (bicyclic) bond motifs is 2. The third-order valence-corrected chi connectivity index (χ3v) is 6.05. The summed E-state index contributed by atoms with van der Waals surface area (Å²) in [6.07, 6.45) is 18.0. The van der Waals surface area contributed by atoms with Gasteiger partial charge < -0.3 is 8.83 Å². The molecular formula is C29H36N2O2+2. The van der Waals surface area contributed by atoms with Crippen LogP contribution < -0.4 is 14.4 Å². The number of aryl methyl sites for hydroxylation is 1. The van der Waals surface area contributed by atoms with Crippen LogP contribution in [0.1, 0.15) is 71.1 Å². The molecule has 0 unspecified atom stereocenters. The third-order valence-electron chi connectivity index (χ3n) is 6.05. The third kappa shape index (κ3) is 5.62.